The lowest BCUT2D eigenvalue weighted by atomic mass is 9.98. The van der Waals surface area contributed by atoms with Crippen molar-refractivity contribution in [2.75, 3.05) is 25.0 Å². The number of ether oxygens (including phenoxy) is 1. The zero-order valence-corrected chi connectivity index (χ0v) is 14.1. The van der Waals surface area contributed by atoms with Gasteiger partial charge in [0.1, 0.15) is 11.4 Å². The summed E-state index contributed by atoms with van der Waals surface area (Å²) in [6.45, 7) is 7.85. The fraction of sp³-hybridized carbons (Fsp3) is 0.667. The number of hydrogen-bond donors (Lipinski definition) is 1. The quantitative estimate of drug-likeness (QED) is 0.924. The third kappa shape index (κ3) is 5.33. The Balaban J connectivity index is 1.82. The van der Waals surface area contributed by atoms with Crippen LogP contribution < -0.4 is 5.32 Å². The number of aromatic nitrogens is 2. The molecule has 0 saturated carbocycles. The van der Waals surface area contributed by atoms with Crippen molar-refractivity contribution in [2.45, 2.75) is 39.2 Å². The van der Waals surface area contributed by atoms with Crippen molar-refractivity contribution in [3.8, 4) is 0 Å². The van der Waals surface area contributed by atoms with Crippen LogP contribution in [0.3, 0.4) is 0 Å². The van der Waals surface area contributed by atoms with E-state index in [0.29, 0.717) is 23.4 Å². The first-order valence-electron chi connectivity index (χ1n) is 7.54. The predicted octanol–water partition coefficient (Wildman–Crippen LogP) is 3.19. The monoisotopic (exact) mass is 326 g/mol. The number of hydrogen-bond acceptors (Lipinski definition) is 5. The number of carbonyl (C=O) groups excluding carboxylic acids is 1. The van der Waals surface area contributed by atoms with Crippen LogP contribution in [0.2, 0.25) is 5.15 Å². The van der Waals surface area contributed by atoms with E-state index in [-0.39, 0.29) is 6.09 Å². The molecule has 1 aromatic heterocycles. The van der Waals surface area contributed by atoms with Gasteiger partial charge in [0, 0.05) is 19.6 Å². The average molecular weight is 327 g/mol. The van der Waals surface area contributed by atoms with Gasteiger partial charge in [0.2, 0.25) is 0 Å². The van der Waals surface area contributed by atoms with Crippen molar-refractivity contribution >= 4 is 23.5 Å². The van der Waals surface area contributed by atoms with Gasteiger partial charge >= 0.3 is 6.09 Å². The van der Waals surface area contributed by atoms with Crippen molar-refractivity contribution < 1.29 is 9.53 Å². The molecule has 0 radical (unpaired) electrons. The summed E-state index contributed by atoms with van der Waals surface area (Å²) in [4.78, 5) is 13.9. The number of piperidine rings is 1. The van der Waals surface area contributed by atoms with Crippen LogP contribution in [-0.4, -0.2) is 46.4 Å². The molecule has 1 aliphatic rings. The lowest BCUT2D eigenvalue weighted by molar-refractivity contribution is 0.0172. The number of likely N-dealkylation sites (tertiary alicyclic amines) is 1. The van der Waals surface area contributed by atoms with Crippen LogP contribution >= 0.6 is 11.6 Å². The molecule has 1 aromatic rings. The van der Waals surface area contributed by atoms with Gasteiger partial charge in [-0.15, -0.1) is 10.2 Å². The van der Waals surface area contributed by atoms with Gasteiger partial charge in [-0.3, -0.25) is 0 Å². The Morgan fingerprint density at radius 2 is 2.23 bits per heavy atom. The fourth-order valence-electron chi connectivity index (χ4n) is 2.38. The Kier molecular flexibility index (Phi) is 5.45. The van der Waals surface area contributed by atoms with Crippen molar-refractivity contribution in [1.29, 1.82) is 0 Å². The number of nitrogens with one attached hydrogen (secondary N) is 1. The van der Waals surface area contributed by atoms with Gasteiger partial charge in [-0.1, -0.05) is 11.6 Å². The molecule has 1 amide bonds. The zero-order valence-electron chi connectivity index (χ0n) is 13.3. The number of halogens is 1. The Morgan fingerprint density at radius 3 is 2.86 bits per heavy atom. The van der Waals surface area contributed by atoms with E-state index < -0.39 is 5.60 Å². The van der Waals surface area contributed by atoms with Gasteiger partial charge in [0.15, 0.2) is 5.15 Å². The van der Waals surface area contributed by atoms with Crippen LogP contribution in [0.15, 0.2) is 12.1 Å². The van der Waals surface area contributed by atoms with Crippen LogP contribution in [-0.2, 0) is 4.74 Å². The first-order valence-corrected chi connectivity index (χ1v) is 7.92. The molecule has 0 spiro atoms. The first-order chi connectivity index (χ1) is 10.3. The first kappa shape index (κ1) is 16.8. The predicted molar refractivity (Wildman–Crippen MR) is 86.1 cm³/mol. The second-order valence-electron chi connectivity index (χ2n) is 6.56. The molecule has 0 unspecified atom stereocenters. The van der Waals surface area contributed by atoms with Gasteiger partial charge in [0.05, 0.1) is 0 Å². The molecule has 6 nitrogen and oxygen atoms in total. The van der Waals surface area contributed by atoms with E-state index in [9.17, 15) is 4.79 Å². The third-order valence-corrected chi connectivity index (χ3v) is 3.58. The number of carbonyl (C=O) groups is 1. The van der Waals surface area contributed by atoms with Gasteiger partial charge in [-0.2, -0.15) is 0 Å². The summed E-state index contributed by atoms with van der Waals surface area (Å²) in [5.41, 5.74) is -0.457. The van der Waals surface area contributed by atoms with Crippen molar-refractivity contribution in [2.24, 2.45) is 5.92 Å². The fourth-order valence-corrected chi connectivity index (χ4v) is 2.48. The van der Waals surface area contributed by atoms with E-state index in [0.717, 1.165) is 25.9 Å². The van der Waals surface area contributed by atoms with Crippen LogP contribution in [0.25, 0.3) is 0 Å². The van der Waals surface area contributed by atoms with Gasteiger partial charge in [-0.25, -0.2) is 4.79 Å². The molecule has 0 aliphatic carbocycles. The third-order valence-electron chi connectivity index (χ3n) is 3.37. The van der Waals surface area contributed by atoms with E-state index in [4.69, 9.17) is 16.3 Å². The average Bonchev–Trinajstić information content (AvgIpc) is 2.45. The summed E-state index contributed by atoms with van der Waals surface area (Å²) in [7, 11) is 0. The maximum absolute atomic E-state index is 12.1. The van der Waals surface area contributed by atoms with E-state index in [2.05, 4.69) is 15.5 Å². The standard InChI is InChI=1S/C15H23ClN4O2/c1-15(2,3)22-14(21)20-8-4-5-11(10-20)9-17-13-7-6-12(16)18-19-13/h6-7,11H,4-5,8-10H2,1-3H3,(H,17,19)/t11-/m0/s1. The molecule has 1 aliphatic heterocycles. The second kappa shape index (κ2) is 7.13. The molecule has 122 valence electrons. The Morgan fingerprint density at radius 1 is 1.45 bits per heavy atom. The molecule has 1 saturated heterocycles. The van der Waals surface area contributed by atoms with E-state index >= 15 is 0 Å². The number of rotatable bonds is 3. The molecule has 0 bridgehead atoms. The molecule has 0 aromatic carbocycles. The SMILES string of the molecule is CC(C)(C)OC(=O)N1CCC[C@@H](CNc2ccc(Cl)nn2)C1. The highest BCUT2D eigenvalue weighted by atomic mass is 35.5. The van der Waals surface area contributed by atoms with Crippen molar-refractivity contribution in [1.82, 2.24) is 15.1 Å². The lowest BCUT2D eigenvalue weighted by Gasteiger charge is -2.34. The maximum Gasteiger partial charge on any atom is 0.410 e. The van der Waals surface area contributed by atoms with E-state index in [1.54, 1.807) is 17.0 Å². The zero-order chi connectivity index (χ0) is 16.2. The highest BCUT2D eigenvalue weighted by molar-refractivity contribution is 6.29. The molecular formula is C15H23ClN4O2. The molecule has 1 N–H and O–H groups in total. The molecule has 2 rings (SSSR count). The van der Waals surface area contributed by atoms with Crippen LogP contribution in [0.1, 0.15) is 33.6 Å². The Bertz CT molecular complexity index is 501. The number of amides is 1. The number of nitrogens with zero attached hydrogens (tertiary/aromatic N) is 3. The summed E-state index contributed by atoms with van der Waals surface area (Å²) in [6.07, 6.45) is 1.83. The number of anilines is 1. The van der Waals surface area contributed by atoms with Crippen LogP contribution in [0.4, 0.5) is 10.6 Å². The van der Waals surface area contributed by atoms with Crippen molar-refractivity contribution in [3.63, 3.8) is 0 Å². The molecule has 1 fully saturated rings. The maximum atomic E-state index is 12.1. The highest BCUT2D eigenvalue weighted by Crippen LogP contribution is 2.20. The summed E-state index contributed by atoms with van der Waals surface area (Å²) >= 11 is 5.71. The molecule has 1 atom stereocenters. The van der Waals surface area contributed by atoms with Gasteiger partial charge in [0.25, 0.3) is 0 Å². The second-order valence-corrected chi connectivity index (χ2v) is 6.94. The molecule has 7 heteroatoms. The lowest BCUT2D eigenvalue weighted by Crippen LogP contribution is -2.44. The summed E-state index contributed by atoms with van der Waals surface area (Å²) in [5.74, 6) is 1.07. The summed E-state index contributed by atoms with van der Waals surface area (Å²) in [6, 6.07) is 3.49. The normalized spacial score (nSPS) is 18.9. The minimum absolute atomic E-state index is 0.233. The minimum atomic E-state index is -0.457. The Hall–Kier alpha value is -1.56. The Labute approximate surface area is 136 Å². The highest BCUT2D eigenvalue weighted by Gasteiger charge is 2.27. The largest absolute Gasteiger partial charge is 0.444 e. The van der Waals surface area contributed by atoms with E-state index in [1.807, 2.05) is 20.8 Å². The topological polar surface area (TPSA) is 67.3 Å². The van der Waals surface area contributed by atoms with Gasteiger partial charge in [-0.05, 0) is 51.7 Å². The summed E-state index contributed by atoms with van der Waals surface area (Å²) in [5, 5.41) is 11.4. The molecule has 22 heavy (non-hydrogen) atoms. The summed E-state index contributed by atoms with van der Waals surface area (Å²) < 4.78 is 5.43. The molecular weight excluding hydrogens is 304 g/mol. The van der Waals surface area contributed by atoms with Gasteiger partial charge < -0.3 is 15.0 Å². The van der Waals surface area contributed by atoms with Crippen LogP contribution in [0, 0.1) is 5.92 Å². The molecule has 2 heterocycles. The van der Waals surface area contributed by atoms with E-state index in [1.165, 1.54) is 0 Å². The van der Waals surface area contributed by atoms with Crippen molar-refractivity contribution in [3.05, 3.63) is 17.3 Å². The minimum Gasteiger partial charge on any atom is -0.444 e. The smallest absolute Gasteiger partial charge is 0.410 e. The van der Waals surface area contributed by atoms with Crippen LogP contribution in [0.5, 0.6) is 0 Å².